The van der Waals surface area contributed by atoms with E-state index in [9.17, 15) is 4.79 Å². The van der Waals surface area contributed by atoms with Crippen LogP contribution >= 0.6 is 0 Å². The van der Waals surface area contributed by atoms with Crippen molar-refractivity contribution in [3.8, 4) is 0 Å². The van der Waals surface area contributed by atoms with E-state index in [0.717, 1.165) is 6.54 Å². The molecule has 4 nitrogen and oxygen atoms in total. The maximum absolute atomic E-state index is 11.1. The Morgan fingerprint density at radius 1 is 1.40 bits per heavy atom. The predicted molar refractivity (Wildman–Crippen MR) is 60.0 cm³/mol. The summed E-state index contributed by atoms with van der Waals surface area (Å²) in [4.78, 5) is 13.0. The van der Waals surface area contributed by atoms with E-state index in [1.807, 2.05) is 32.6 Å². The van der Waals surface area contributed by atoms with Crippen LogP contribution in [0.3, 0.4) is 0 Å². The molecule has 0 saturated carbocycles. The van der Waals surface area contributed by atoms with Crippen LogP contribution in [0, 0.1) is 5.92 Å². The van der Waals surface area contributed by atoms with Crippen LogP contribution in [0.1, 0.15) is 27.7 Å². The fourth-order valence-corrected chi connectivity index (χ4v) is 1.68. The van der Waals surface area contributed by atoms with Gasteiger partial charge < -0.3 is 9.84 Å². The third-order valence-corrected chi connectivity index (χ3v) is 2.41. The fraction of sp³-hybridized carbons (Fsp3) is 0.909. The van der Waals surface area contributed by atoms with E-state index in [0.29, 0.717) is 19.8 Å². The minimum absolute atomic E-state index is 0.115. The van der Waals surface area contributed by atoms with Gasteiger partial charge in [-0.3, -0.25) is 9.69 Å². The Labute approximate surface area is 92.2 Å². The summed E-state index contributed by atoms with van der Waals surface area (Å²) in [6.45, 7) is 10.5. The van der Waals surface area contributed by atoms with Crippen molar-refractivity contribution < 1.29 is 14.6 Å². The topological polar surface area (TPSA) is 49.8 Å². The van der Waals surface area contributed by atoms with Gasteiger partial charge in [0.2, 0.25) is 0 Å². The molecule has 0 bridgehead atoms. The first kappa shape index (κ1) is 14.4. The van der Waals surface area contributed by atoms with E-state index in [1.165, 1.54) is 0 Å². The molecule has 90 valence electrons. The monoisotopic (exact) mass is 217 g/mol. The molecule has 0 aliphatic carbocycles. The lowest BCUT2D eigenvalue weighted by Crippen LogP contribution is -2.46. The van der Waals surface area contributed by atoms with Crippen molar-refractivity contribution in [2.24, 2.45) is 5.92 Å². The van der Waals surface area contributed by atoms with Crippen molar-refractivity contribution in [3.05, 3.63) is 0 Å². The molecule has 1 unspecified atom stereocenters. The van der Waals surface area contributed by atoms with E-state index in [-0.39, 0.29) is 5.92 Å². The zero-order chi connectivity index (χ0) is 11.8. The van der Waals surface area contributed by atoms with Gasteiger partial charge in [-0.2, -0.15) is 0 Å². The molecule has 0 amide bonds. The molecule has 0 radical (unpaired) electrons. The highest BCUT2D eigenvalue weighted by molar-refractivity contribution is 5.73. The second-order valence-corrected chi connectivity index (χ2v) is 3.85. The first-order valence-corrected chi connectivity index (χ1v) is 5.59. The van der Waals surface area contributed by atoms with Gasteiger partial charge in [0.15, 0.2) is 0 Å². The van der Waals surface area contributed by atoms with Gasteiger partial charge in [-0.15, -0.1) is 0 Å². The number of rotatable bonds is 8. The van der Waals surface area contributed by atoms with E-state index < -0.39 is 12.0 Å². The molecule has 4 heteroatoms. The van der Waals surface area contributed by atoms with Crippen molar-refractivity contribution in [2.45, 2.75) is 33.7 Å². The molecule has 0 aromatic carbocycles. The second kappa shape index (κ2) is 7.65. The summed E-state index contributed by atoms with van der Waals surface area (Å²) < 4.78 is 5.24. The molecule has 0 aromatic heterocycles. The summed E-state index contributed by atoms with van der Waals surface area (Å²) >= 11 is 0. The number of carbonyl (C=O) groups is 1. The van der Waals surface area contributed by atoms with Crippen molar-refractivity contribution >= 4 is 5.97 Å². The predicted octanol–water partition coefficient (Wildman–Crippen LogP) is 1.45. The molecule has 0 aliphatic heterocycles. The van der Waals surface area contributed by atoms with Gasteiger partial charge in [0, 0.05) is 13.2 Å². The molecule has 15 heavy (non-hydrogen) atoms. The molecule has 1 N–H and O–H groups in total. The van der Waals surface area contributed by atoms with E-state index >= 15 is 0 Å². The number of ether oxygens (including phenoxy) is 1. The summed E-state index contributed by atoms with van der Waals surface area (Å²) in [6, 6.07) is -0.407. The third kappa shape index (κ3) is 5.14. The second-order valence-electron chi connectivity index (χ2n) is 3.85. The molecule has 1 atom stereocenters. The summed E-state index contributed by atoms with van der Waals surface area (Å²) in [5.74, 6) is -0.632. The van der Waals surface area contributed by atoms with Crippen molar-refractivity contribution in [1.29, 1.82) is 0 Å². The number of nitrogens with zero attached hydrogens (tertiary/aromatic N) is 1. The lowest BCUT2D eigenvalue weighted by Gasteiger charge is -2.30. The zero-order valence-corrected chi connectivity index (χ0v) is 10.2. The Morgan fingerprint density at radius 3 is 2.33 bits per heavy atom. The minimum Gasteiger partial charge on any atom is -0.480 e. The van der Waals surface area contributed by atoms with E-state index in [2.05, 4.69) is 0 Å². The lowest BCUT2D eigenvalue weighted by molar-refractivity contribution is -0.145. The molecule has 0 spiro atoms. The van der Waals surface area contributed by atoms with E-state index in [4.69, 9.17) is 9.84 Å². The summed E-state index contributed by atoms with van der Waals surface area (Å²) in [5.41, 5.74) is 0. The van der Waals surface area contributed by atoms with Gasteiger partial charge in [0.1, 0.15) is 6.04 Å². The molecule has 0 heterocycles. The minimum atomic E-state index is -0.747. The Hall–Kier alpha value is -0.610. The van der Waals surface area contributed by atoms with Crippen LogP contribution in [0.15, 0.2) is 0 Å². The highest BCUT2D eigenvalue weighted by atomic mass is 16.5. The van der Waals surface area contributed by atoms with Crippen LogP contribution in [-0.2, 0) is 9.53 Å². The van der Waals surface area contributed by atoms with Gasteiger partial charge in [-0.1, -0.05) is 20.8 Å². The Kier molecular flexibility index (Phi) is 7.34. The van der Waals surface area contributed by atoms with Gasteiger partial charge in [0.05, 0.1) is 6.61 Å². The van der Waals surface area contributed by atoms with Gasteiger partial charge in [-0.25, -0.2) is 0 Å². The Morgan fingerprint density at radius 2 is 2.00 bits per heavy atom. The first-order chi connectivity index (χ1) is 7.04. The summed E-state index contributed by atoms with van der Waals surface area (Å²) in [6.07, 6.45) is 0. The Balaban J connectivity index is 4.26. The van der Waals surface area contributed by atoms with Crippen LogP contribution in [-0.4, -0.2) is 48.3 Å². The quantitative estimate of drug-likeness (QED) is 0.625. The van der Waals surface area contributed by atoms with Crippen molar-refractivity contribution in [3.63, 3.8) is 0 Å². The van der Waals surface area contributed by atoms with Gasteiger partial charge >= 0.3 is 5.97 Å². The van der Waals surface area contributed by atoms with E-state index in [1.54, 1.807) is 0 Å². The highest BCUT2D eigenvalue weighted by Gasteiger charge is 2.27. The molecule has 0 saturated heterocycles. The maximum Gasteiger partial charge on any atom is 0.321 e. The molecule has 0 rings (SSSR count). The average molecular weight is 217 g/mol. The smallest absolute Gasteiger partial charge is 0.321 e. The molecular formula is C11H23NO3. The molecule has 0 aliphatic rings. The van der Waals surface area contributed by atoms with Crippen molar-refractivity contribution in [1.82, 2.24) is 4.90 Å². The standard InChI is InChI=1S/C11H23NO3/c1-5-12(7-8-15-6-2)10(9(3)4)11(13)14/h9-10H,5-8H2,1-4H3,(H,13,14). The lowest BCUT2D eigenvalue weighted by atomic mass is 10.0. The molecule has 0 aromatic rings. The number of carboxylic acids is 1. The van der Waals surface area contributed by atoms with Crippen LogP contribution in [0.25, 0.3) is 0 Å². The normalized spacial score (nSPS) is 13.5. The molecule has 0 fully saturated rings. The maximum atomic E-state index is 11.1. The molecular weight excluding hydrogens is 194 g/mol. The number of carboxylic acid groups (broad SMARTS) is 1. The number of hydrogen-bond acceptors (Lipinski definition) is 3. The number of likely N-dealkylation sites (N-methyl/N-ethyl adjacent to an activating group) is 1. The number of hydrogen-bond donors (Lipinski definition) is 1. The summed E-state index contributed by atoms with van der Waals surface area (Å²) in [7, 11) is 0. The SMILES string of the molecule is CCOCCN(CC)C(C(=O)O)C(C)C. The van der Waals surface area contributed by atoms with Gasteiger partial charge in [-0.05, 0) is 19.4 Å². The van der Waals surface area contributed by atoms with Crippen LogP contribution < -0.4 is 0 Å². The number of aliphatic carboxylic acids is 1. The first-order valence-electron chi connectivity index (χ1n) is 5.59. The highest BCUT2D eigenvalue weighted by Crippen LogP contribution is 2.10. The van der Waals surface area contributed by atoms with Crippen molar-refractivity contribution in [2.75, 3.05) is 26.3 Å². The summed E-state index contributed by atoms with van der Waals surface area (Å²) in [5, 5.41) is 9.12. The third-order valence-electron chi connectivity index (χ3n) is 2.41. The zero-order valence-electron chi connectivity index (χ0n) is 10.2. The van der Waals surface area contributed by atoms with Crippen LogP contribution in [0.2, 0.25) is 0 Å². The Bertz CT molecular complexity index is 183. The largest absolute Gasteiger partial charge is 0.480 e. The average Bonchev–Trinajstić information content (AvgIpc) is 2.15. The van der Waals surface area contributed by atoms with Gasteiger partial charge in [0.25, 0.3) is 0 Å². The van der Waals surface area contributed by atoms with Crippen LogP contribution in [0.5, 0.6) is 0 Å². The van der Waals surface area contributed by atoms with Crippen LogP contribution in [0.4, 0.5) is 0 Å². The fourth-order valence-electron chi connectivity index (χ4n) is 1.68.